The maximum atomic E-state index is 11.9. The summed E-state index contributed by atoms with van der Waals surface area (Å²) < 4.78 is 5.15. The summed E-state index contributed by atoms with van der Waals surface area (Å²) in [5.41, 5.74) is 1.05. The molecule has 2 amide bonds. The van der Waals surface area contributed by atoms with Crippen LogP contribution in [-0.4, -0.2) is 36.9 Å². The van der Waals surface area contributed by atoms with Crippen molar-refractivity contribution < 1.29 is 14.3 Å². The molecule has 1 atom stereocenters. The molecule has 1 aromatic carbocycles. The quantitative estimate of drug-likeness (QED) is 0.813. The number of ether oxygens (including phenoxy) is 1. The molecule has 1 heterocycles. The van der Waals surface area contributed by atoms with Crippen LogP contribution in [0.5, 0.6) is 5.75 Å². The van der Waals surface area contributed by atoms with Gasteiger partial charge in [-0.15, -0.1) is 0 Å². The fourth-order valence-electron chi connectivity index (χ4n) is 2.56. The highest BCUT2D eigenvalue weighted by molar-refractivity contribution is 5.97. The Morgan fingerprint density at radius 2 is 1.81 bits per heavy atom. The van der Waals surface area contributed by atoms with Crippen LogP contribution in [0, 0.1) is 0 Å². The zero-order valence-electron chi connectivity index (χ0n) is 12.6. The van der Waals surface area contributed by atoms with E-state index in [1.165, 1.54) is 4.90 Å². The number of nitrogens with zero attached hydrogens (tertiary/aromatic N) is 1. The number of rotatable bonds is 6. The van der Waals surface area contributed by atoms with Crippen LogP contribution in [0.4, 0.5) is 0 Å². The summed E-state index contributed by atoms with van der Waals surface area (Å²) >= 11 is 0. The topological polar surface area (TPSA) is 58.6 Å². The highest BCUT2D eigenvalue weighted by Gasteiger charge is 2.28. The van der Waals surface area contributed by atoms with Crippen molar-refractivity contribution in [1.29, 1.82) is 0 Å². The molecular weight excluding hydrogens is 268 g/mol. The summed E-state index contributed by atoms with van der Waals surface area (Å²) in [4.78, 5) is 25.3. The highest BCUT2D eigenvalue weighted by Crippen LogP contribution is 2.21. The van der Waals surface area contributed by atoms with E-state index in [4.69, 9.17) is 4.74 Å². The molecular formula is C16H22N2O3. The number of methoxy groups -OCH3 is 1. The smallest absolute Gasteiger partial charge is 0.229 e. The van der Waals surface area contributed by atoms with Crippen molar-refractivity contribution in [2.24, 2.45) is 0 Å². The van der Waals surface area contributed by atoms with E-state index in [0.29, 0.717) is 25.8 Å². The van der Waals surface area contributed by atoms with Gasteiger partial charge in [-0.05, 0) is 30.7 Å². The summed E-state index contributed by atoms with van der Waals surface area (Å²) in [7, 11) is 1.63. The monoisotopic (exact) mass is 290 g/mol. The van der Waals surface area contributed by atoms with Gasteiger partial charge in [0.1, 0.15) is 5.75 Å². The van der Waals surface area contributed by atoms with Crippen LogP contribution in [0.2, 0.25) is 0 Å². The van der Waals surface area contributed by atoms with Gasteiger partial charge in [-0.2, -0.15) is 0 Å². The Morgan fingerprint density at radius 3 is 2.33 bits per heavy atom. The van der Waals surface area contributed by atoms with E-state index in [9.17, 15) is 9.59 Å². The Kier molecular flexibility index (Phi) is 5.33. The number of nitrogens with one attached hydrogen (secondary N) is 1. The number of carbonyl (C=O) groups excluding carboxylic acids is 2. The first-order valence-electron chi connectivity index (χ1n) is 7.36. The number of benzene rings is 1. The van der Waals surface area contributed by atoms with Gasteiger partial charge < -0.3 is 10.1 Å². The van der Waals surface area contributed by atoms with Crippen molar-refractivity contribution in [3.8, 4) is 5.75 Å². The third-order valence-electron chi connectivity index (χ3n) is 3.72. The Hall–Kier alpha value is -1.88. The van der Waals surface area contributed by atoms with E-state index < -0.39 is 0 Å². The Balaban J connectivity index is 2.13. The Bertz CT molecular complexity index is 483. The maximum absolute atomic E-state index is 11.9. The molecule has 0 aromatic heterocycles. The number of amides is 2. The zero-order chi connectivity index (χ0) is 15.2. The van der Waals surface area contributed by atoms with E-state index in [1.54, 1.807) is 7.11 Å². The molecule has 1 saturated heterocycles. The number of hydrogen-bond donors (Lipinski definition) is 1. The minimum absolute atomic E-state index is 0.0492. The van der Waals surface area contributed by atoms with Crippen molar-refractivity contribution in [2.45, 2.75) is 32.2 Å². The molecule has 1 aromatic rings. The minimum Gasteiger partial charge on any atom is -0.497 e. The first-order chi connectivity index (χ1) is 10.2. The van der Waals surface area contributed by atoms with Crippen molar-refractivity contribution in [3.05, 3.63) is 29.8 Å². The van der Waals surface area contributed by atoms with Crippen LogP contribution in [0.25, 0.3) is 0 Å². The van der Waals surface area contributed by atoms with Crippen molar-refractivity contribution in [2.75, 3.05) is 20.2 Å². The van der Waals surface area contributed by atoms with Crippen molar-refractivity contribution in [1.82, 2.24) is 10.2 Å². The Labute approximate surface area is 125 Å². The maximum Gasteiger partial charge on any atom is 0.229 e. The molecule has 114 valence electrons. The molecule has 5 nitrogen and oxygen atoms in total. The lowest BCUT2D eigenvalue weighted by molar-refractivity contribution is -0.148. The number of carbonyl (C=O) groups is 2. The second kappa shape index (κ2) is 7.22. The fourth-order valence-corrected chi connectivity index (χ4v) is 2.56. The first kappa shape index (κ1) is 15.5. The second-order valence-electron chi connectivity index (χ2n) is 5.14. The van der Waals surface area contributed by atoms with Gasteiger partial charge >= 0.3 is 0 Å². The van der Waals surface area contributed by atoms with E-state index in [2.05, 4.69) is 5.32 Å². The predicted molar refractivity (Wildman–Crippen MR) is 80.0 cm³/mol. The van der Waals surface area contributed by atoms with Gasteiger partial charge in [0.15, 0.2) is 0 Å². The minimum atomic E-state index is -0.0670. The van der Waals surface area contributed by atoms with Gasteiger partial charge in [0.2, 0.25) is 11.8 Å². The Morgan fingerprint density at radius 1 is 1.19 bits per heavy atom. The molecule has 5 heteroatoms. The normalized spacial score (nSPS) is 17.0. The first-order valence-corrected chi connectivity index (χ1v) is 7.36. The number of piperidine rings is 1. The molecule has 0 bridgehead atoms. The molecule has 0 aliphatic carbocycles. The van der Waals surface area contributed by atoms with Gasteiger partial charge in [-0.25, -0.2) is 0 Å². The van der Waals surface area contributed by atoms with Crippen LogP contribution in [0.15, 0.2) is 24.3 Å². The van der Waals surface area contributed by atoms with Crippen molar-refractivity contribution >= 4 is 11.8 Å². The molecule has 0 radical (unpaired) electrons. The number of hydrogen-bond acceptors (Lipinski definition) is 4. The van der Waals surface area contributed by atoms with Crippen LogP contribution >= 0.6 is 0 Å². The standard InChI is InChI=1S/C16H22N2O3/c1-3-17-14(12-7-9-13(21-2)10-8-12)11-18-15(19)5-4-6-16(18)20/h7-10,14,17H,3-6,11H2,1-2H3. The molecule has 1 fully saturated rings. The zero-order valence-corrected chi connectivity index (χ0v) is 12.6. The average molecular weight is 290 g/mol. The molecule has 0 saturated carbocycles. The molecule has 1 N–H and O–H groups in total. The SMILES string of the molecule is CCNC(CN1C(=O)CCCC1=O)c1ccc(OC)cc1. The van der Waals surface area contributed by atoms with Gasteiger partial charge in [0.25, 0.3) is 0 Å². The average Bonchev–Trinajstić information content (AvgIpc) is 2.50. The lowest BCUT2D eigenvalue weighted by Gasteiger charge is -2.29. The summed E-state index contributed by atoms with van der Waals surface area (Å²) in [6, 6.07) is 7.65. The highest BCUT2D eigenvalue weighted by atomic mass is 16.5. The third kappa shape index (κ3) is 3.82. The molecule has 2 rings (SSSR count). The van der Waals surface area contributed by atoms with Gasteiger partial charge in [-0.1, -0.05) is 19.1 Å². The van der Waals surface area contributed by atoms with Gasteiger partial charge in [0, 0.05) is 19.4 Å². The lowest BCUT2D eigenvalue weighted by atomic mass is 10.0. The van der Waals surface area contributed by atoms with Gasteiger partial charge in [0.05, 0.1) is 13.2 Å². The van der Waals surface area contributed by atoms with E-state index >= 15 is 0 Å². The van der Waals surface area contributed by atoms with Gasteiger partial charge in [-0.3, -0.25) is 14.5 Å². The summed E-state index contributed by atoms with van der Waals surface area (Å²) in [5.74, 6) is 0.657. The largest absolute Gasteiger partial charge is 0.497 e. The third-order valence-corrected chi connectivity index (χ3v) is 3.72. The van der Waals surface area contributed by atoms with Crippen LogP contribution < -0.4 is 10.1 Å². The summed E-state index contributed by atoms with van der Waals surface area (Å²) in [6.07, 6.45) is 1.60. The molecule has 1 aliphatic rings. The molecule has 0 spiro atoms. The summed E-state index contributed by atoms with van der Waals surface area (Å²) in [6.45, 7) is 3.17. The molecule has 21 heavy (non-hydrogen) atoms. The fraction of sp³-hybridized carbons (Fsp3) is 0.500. The van der Waals surface area contributed by atoms with Crippen LogP contribution in [0.3, 0.4) is 0 Å². The molecule has 1 unspecified atom stereocenters. The number of imide groups is 1. The predicted octanol–water partition coefficient (Wildman–Crippen LogP) is 1.88. The number of likely N-dealkylation sites (tertiary alicyclic amines) is 1. The van der Waals surface area contributed by atoms with E-state index in [0.717, 1.165) is 17.9 Å². The number of likely N-dealkylation sites (N-methyl/N-ethyl adjacent to an activating group) is 1. The lowest BCUT2D eigenvalue weighted by Crippen LogP contribution is -2.45. The van der Waals surface area contributed by atoms with E-state index in [1.807, 2.05) is 31.2 Å². The second-order valence-corrected chi connectivity index (χ2v) is 5.14. The molecule has 1 aliphatic heterocycles. The summed E-state index contributed by atoms with van der Waals surface area (Å²) in [5, 5.41) is 3.34. The van der Waals surface area contributed by atoms with Crippen LogP contribution in [0.1, 0.15) is 37.8 Å². The van der Waals surface area contributed by atoms with E-state index in [-0.39, 0.29) is 17.9 Å². The van der Waals surface area contributed by atoms with Crippen molar-refractivity contribution in [3.63, 3.8) is 0 Å². The van der Waals surface area contributed by atoms with Crippen LogP contribution in [-0.2, 0) is 9.59 Å².